The summed E-state index contributed by atoms with van der Waals surface area (Å²) in [6.45, 7) is 13.1. The van der Waals surface area contributed by atoms with Crippen LogP contribution >= 0.6 is 22.7 Å². The zero-order chi connectivity index (χ0) is 30.0. The number of nitrogens with one attached hydrogen (secondary N) is 2. The van der Waals surface area contributed by atoms with Gasteiger partial charge in [-0.15, -0.1) is 22.7 Å². The number of rotatable bonds is 13. The third-order valence-electron chi connectivity index (χ3n) is 6.57. The highest BCUT2D eigenvalue weighted by atomic mass is 32.1. The zero-order valence-corrected chi connectivity index (χ0v) is 25.5. The second kappa shape index (κ2) is 15.2. The average molecular weight is 585 g/mol. The summed E-state index contributed by atoms with van der Waals surface area (Å²) in [5.74, 6) is -0.943. The van der Waals surface area contributed by atoms with E-state index in [2.05, 4.69) is 22.8 Å². The molecule has 0 aliphatic heterocycles. The average Bonchev–Trinajstić information content (AvgIpc) is 3.42. The number of unbranched alkanes of at least 4 members (excludes halogenated alkanes) is 1. The van der Waals surface area contributed by atoms with Crippen LogP contribution in [0.4, 0.5) is 10.0 Å². The Bertz CT molecular complexity index is 1240. The van der Waals surface area contributed by atoms with Gasteiger partial charge in [0.15, 0.2) is 0 Å². The fourth-order valence-corrected chi connectivity index (χ4v) is 6.42. The van der Waals surface area contributed by atoms with Crippen LogP contribution in [-0.2, 0) is 9.59 Å². The van der Waals surface area contributed by atoms with Gasteiger partial charge in [-0.25, -0.2) is 0 Å². The summed E-state index contributed by atoms with van der Waals surface area (Å²) in [5, 5.41) is 25.4. The summed E-state index contributed by atoms with van der Waals surface area (Å²) < 4.78 is 0. The number of thiophene rings is 2. The van der Waals surface area contributed by atoms with Crippen LogP contribution in [-0.4, -0.2) is 59.6 Å². The molecule has 0 saturated heterocycles. The lowest BCUT2D eigenvalue weighted by atomic mass is 10.1. The molecule has 0 aliphatic carbocycles. The van der Waals surface area contributed by atoms with E-state index in [0.717, 1.165) is 22.7 Å². The van der Waals surface area contributed by atoms with E-state index in [0.29, 0.717) is 69.9 Å². The van der Waals surface area contributed by atoms with Crippen LogP contribution in [0.5, 0.6) is 0 Å². The van der Waals surface area contributed by atoms with E-state index in [9.17, 15) is 29.7 Å². The van der Waals surface area contributed by atoms with E-state index in [4.69, 9.17) is 0 Å². The molecule has 2 N–H and O–H groups in total. The molecule has 2 aromatic heterocycles. The van der Waals surface area contributed by atoms with Gasteiger partial charge in [0.05, 0.1) is 20.9 Å². The number of carbonyl (C=O) groups excluding carboxylic acids is 4. The van der Waals surface area contributed by atoms with Crippen LogP contribution in [0.2, 0.25) is 0 Å². The minimum Gasteiger partial charge on any atom is -0.338 e. The molecule has 0 fully saturated rings. The second-order valence-electron chi connectivity index (χ2n) is 9.00. The summed E-state index contributed by atoms with van der Waals surface area (Å²) in [6.07, 6.45) is 1.13. The molecule has 0 radical (unpaired) electrons. The van der Waals surface area contributed by atoms with E-state index in [-0.39, 0.29) is 47.6 Å². The highest BCUT2D eigenvalue weighted by molar-refractivity contribution is 7.19. The molecule has 4 amide bonds. The van der Waals surface area contributed by atoms with Crippen LogP contribution < -0.4 is 10.6 Å². The van der Waals surface area contributed by atoms with Crippen LogP contribution in [0.15, 0.2) is 0 Å². The first kappa shape index (κ1) is 32.5. The Hall–Kier alpha value is -3.74. The fourth-order valence-electron chi connectivity index (χ4n) is 4.14. The Morgan fingerprint density at radius 2 is 1.00 bits per heavy atom. The Morgan fingerprint density at radius 1 is 0.675 bits per heavy atom. The highest BCUT2D eigenvalue weighted by Crippen LogP contribution is 2.34. The molecular formula is C28H36N6O4S2. The van der Waals surface area contributed by atoms with Gasteiger partial charge in [-0.05, 0) is 65.5 Å². The number of nitrogens with zero attached hydrogens (tertiary/aromatic N) is 4. The van der Waals surface area contributed by atoms with E-state index < -0.39 is 0 Å². The Balaban J connectivity index is 1.95. The van der Waals surface area contributed by atoms with Crippen molar-refractivity contribution in [2.75, 3.05) is 36.8 Å². The number of amides is 4. The van der Waals surface area contributed by atoms with Crippen molar-refractivity contribution >= 4 is 56.3 Å². The van der Waals surface area contributed by atoms with Crippen molar-refractivity contribution in [1.82, 2.24) is 9.80 Å². The predicted molar refractivity (Wildman–Crippen MR) is 158 cm³/mol. The van der Waals surface area contributed by atoms with Gasteiger partial charge in [-0.1, -0.05) is 0 Å². The first-order valence-corrected chi connectivity index (χ1v) is 15.0. The van der Waals surface area contributed by atoms with Crippen molar-refractivity contribution in [1.29, 1.82) is 10.5 Å². The summed E-state index contributed by atoms with van der Waals surface area (Å²) in [5.41, 5.74) is 1.68. The molecule has 12 heteroatoms. The van der Waals surface area contributed by atoms with Gasteiger partial charge in [0.2, 0.25) is 11.8 Å². The molecule has 40 heavy (non-hydrogen) atoms. The number of carbonyl (C=O) groups is 4. The Labute approximate surface area is 243 Å². The SMILES string of the molecule is CCN(CC)C(=O)c1sc(NC(=O)CCCCC(=O)Nc2sc(C(=O)N(CC)CC)c(C)c2C#N)c(C#N)c1C. The van der Waals surface area contributed by atoms with Crippen molar-refractivity contribution in [2.45, 2.75) is 67.2 Å². The summed E-state index contributed by atoms with van der Waals surface area (Å²) in [7, 11) is 0. The molecule has 0 spiro atoms. The summed E-state index contributed by atoms with van der Waals surface area (Å²) >= 11 is 2.21. The molecule has 0 bridgehead atoms. The van der Waals surface area contributed by atoms with Gasteiger partial charge in [0.25, 0.3) is 11.8 Å². The maximum absolute atomic E-state index is 12.8. The van der Waals surface area contributed by atoms with Gasteiger partial charge in [0, 0.05) is 39.0 Å². The molecule has 10 nitrogen and oxygen atoms in total. The normalized spacial score (nSPS) is 10.4. The monoisotopic (exact) mass is 584 g/mol. The minimum absolute atomic E-state index is 0.137. The van der Waals surface area contributed by atoms with Crippen molar-refractivity contribution < 1.29 is 19.2 Å². The lowest BCUT2D eigenvalue weighted by Crippen LogP contribution is -2.30. The van der Waals surface area contributed by atoms with Gasteiger partial charge >= 0.3 is 0 Å². The van der Waals surface area contributed by atoms with Gasteiger partial charge in [-0.3, -0.25) is 19.2 Å². The molecule has 0 unspecified atom stereocenters. The molecule has 0 aliphatic rings. The van der Waals surface area contributed by atoms with Crippen molar-refractivity contribution in [3.05, 3.63) is 32.0 Å². The topological polar surface area (TPSA) is 146 Å². The van der Waals surface area contributed by atoms with E-state index in [1.807, 2.05) is 27.7 Å². The molecule has 2 rings (SSSR count). The Kier molecular flexibility index (Phi) is 12.3. The van der Waals surface area contributed by atoms with Crippen molar-refractivity contribution in [3.63, 3.8) is 0 Å². The van der Waals surface area contributed by atoms with Gasteiger partial charge < -0.3 is 20.4 Å². The number of hydrogen-bond acceptors (Lipinski definition) is 8. The van der Waals surface area contributed by atoms with Crippen molar-refractivity contribution in [2.24, 2.45) is 0 Å². The highest BCUT2D eigenvalue weighted by Gasteiger charge is 2.25. The third-order valence-corrected chi connectivity index (χ3v) is 8.96. The molecule has 2 aromatic rings. The fraction of sp³-hybridized carbons (Fsp3) is 0.500. The zero-order valence-electron chi connectivity index (χ0n) is 23.9. The Morgan fingerprint density at radius 3 is 1.27 bits per heavy atom. The molecular weight excluding hydrogens is 548 g/mol. The van der Waals surface area contributed by atoms with Crippen molar-refractivity contribution in [3.8, 4) is 12.1 Å². The maximum Gasteiger partial charge on any atom is 0.264 e. The number of hydrogen-bond donors (Lipinski definition) is 2. The van der Waals surface area contributed by atoms with Crippen LogP contribution in [0, 0.1) is 36.5 Å². The number of anilines is 2. The summed E-state index contributed by atoms with van der Waals surface area (Å²) in [6, 6.07) is 4.17. The molecule has 0 saturated carbocycles. The molecule has 0 aromatic carbocycles. The van der Waals surface area contributed by atoms with Crippen LogP contribution in [0.3, 0.4) is 0 Å². The molecule has 2 heterocycles. The van der Waals surface area contributed by atoms with Crippen LogP contribution in [0.25, 0.3) is 0 Å². The van der Waals surface area contributed by atoms with Gasteiger partial charge in [0.1, 0.15) is 22.1 Å². The predicted octanol–water partition coefficient (Wildman–Crippen LogP) is 5.27. The number of nitriles is 2. The smallest absolute Gasteiger partial charge is 0.264 e. The largest absolute Gasteiger partial charge is 0.338 e. The van der Waals surface area contributed by atoms with E-state index >= 15 is 0 Å². The van der Waals surface area contributed by atoms with E-state index in [1.165, 1.54) is 0 Å². The molecule has 214 valence electrons. The first-order chi connectivity index (χ1) is 19.1. The lowest BCUT2D eigenvalue weighted by Gasteiger charge is -2.17. The standard InChI is InChI=1S/C28H36N6O4S2/c1-7-33(8-2)27(37)23-17(5)19(15-29)25(39-23)31-21(35)13-11-12-14-22(36)32-26-20(16-30)18(6)24(40-26)28(38)34(9-3)10-4/h7-14H2,1-6H3,(H,31,35)(H,32,36). The maximum atomic E-state index is 12.8. The second-order valence-corrected chi connectivity index (χ2v) is 11.0. The molecule has 0 atom stereocenters. The minimum atomic E-state index is -0.305. The first-order valence-electron chi connectivity index (χ1n) is 13.3. The summed E-state index contributed by atoms with van der Waals surface area (Å²) in [4.78, 5) is 54.9. The van der Waals surface area contributed by atoms with E-state index in [1.54, 1.807) is 23.6 Å². The lowest BCUT2D eigenvalue weighted by molar-refractivity contribution is -0.118. The van der Waals surface area contributed by atoms with Crippen LogP contribution in [0.1, 0.15) is 95.0 Å². The quantitative estimate of drug-likeness (QED) is 0.307. The van der Waals surface area contributed by atoms with Gasteiger partial charge in [-0.2, -0.15) is 10.5 Å². The third kappa shape index (κ3) is 7.46.